The molecule has 3 nitrogen and oxygen atoms in total. The van der Waals surface area contributed by atoms with E-state index in [2.05, 4.69) is 219 Å². The van der Waals surface area contributed by atoms with Gasteiger partial charge in [-0.2, -0.15) is 0 Å². The summed E-state index contributed by atoms with van der Waals surface area (Å²) < 4.78 is 7.21. The predicted octanol–water partition coefficient (Wildman–Crippen LogP) is 14.0. The van der Waals surface area contributed by atoms with Gasteiger partial charge in [-0.25, -0.2) is 0 Å². The lowest BCUT2D eigenvalue weighted by atomic mass is 9.67. The lowest BCUT2D eigenvalue weighted by molar-refractivity contribution is 0.472. The average molecular weight is 721 g/mol. The molecular formula is C53H40N2O. The summed E-state index contributed by atoms with van der Waals surface area (Å²) >= 11 is 0. The molecule has 56 heavy (non-hydrogen) atoms. The van der Waals surface area contributed by atoms with Crippen molar-refractivity contribution in [1.29, 1.82) is 0 Å². The van der Waals surface area contributed by atoms with Crippen LogP contribution in [0, 0.1) is 6.92 Å². The molecule has 0 N–H and O–H groups in total. The van der Waals surface area contributed by atoms with Gasteiger partial charge in [-0.15, -0.1) is 0 Å². The number of hydrogen-bond acceptors (Lipinski definition) is 3. The lowest BCUT2D eigenvalue weighted by Crippen LogP contribution is -2.33. The van der Waals surface area contributed by atoms with Crippen LogP contribution in [-0.4, -0.2) is 0 Å². The minimum absolute atomic E-state index is 0.249. The normalized spacial score (nSPS) is 14.7. The molecule has 0 aromatic heterocycles. The second-order valence-electron chi connectivity index (χ2n) is 15.7. The lowest BCUT2D eigenvalue weighted by Gasteiger charge is -2.46. The maximum atomic E-state index is 7.21. The average Bonchev–Trinajstić information content (AvgIpc) is 3.54. The van der Waals surface area contributed by atoms with Crippen molar-refractivity contribution in [3.8, 4) is 22.6 Å². The topological polar surface area (TPSA) is 15.7 Å². The van der Waals surface area contributed by atoms with Gasteiger partial charge in [-0.3, -0.25) is 0 Å². The van der Waals surface area contributed by atoms with Crippen molar-refractivity contribution >= 4 is 34.1 Å². The standard InChI is InChI=1S/C53H40N2O/c1-35-18-17-29-48-49(35)55-46-28-16-15-27-43(46)52(2,3)44-32-33-47(51(56-48)50(44)55)54(38-23-11-6-12-24-38)39-30-31-41-40-25-13-14-26-42(40)53(45(41)34-39,36-19-7-4-8-20-36)37-21-9-5-10-22-37/h4-34H,1-3H3. The summed E-state index contributed by atoms with van der Waals surface area (Å²) in [7, 11) is 0. The van der Waals surface area contributed by atoms with Crippen molar-refractivity contribution in [2.24, 2.45) is 0 Å². The van der Waals surface area contributed by atoms with Crippen LogP contribution in [0.4, 0.5) is 34.1 Å². The molecule has 2 aliphatic heterocycles. The molecule has 0 unspecified atom stereocenters. The summed E-state index contributed by atoms with van der Waals surface area (Å²) in [6.45, 7) is 6.86. The van der Waals surface area contributed by atoms with E-state index in [1.54, 1.807) is 0 Å². The molecule has 0 fully saturated rings. The van der Waals surface area contributed by atoms with Gasteiger partial charge in [0.15, 0.2) is 11.5 Å². The van der Waals surface area contributed by atoms with E-state index >= 15 is 0 Å². The molecule has 2 heterocycles. The summed E-state index contributed by atoms with van der Waals surface area (Å²) in [5.74, 6) is 1.71. The van der Waals surface area contributed by atoms with Crippen LogP contribution in [0.2, 0.25) is 0 Å². The van der Waals surface area contributed by atoms with E-state index in [9.17, 15) is 0 Å². The molecule has 0 saturated carbocycles. The largest absolute Gasteiger partial charge is 0.451 e. The first-order valence-electron chi connectivity index (χ1n) is 19.5. The van der Waals surface area contributed by atoms with Crippen LogP contribution < -0.4 is 14.5 Å². The maximum absolute atomic E-state index is 7.21. The number of benzene rings is 8. The molecule has 0 saturated heterocycles. The summed E-state index contributed by atoms with van der Waals surface area (Å²) in [5.41, 5.74) is 17.0. The molecular weight excluding hydrogens is 681 g/mol. The highest BCUT2D eigenvalue weighted by atomic mass is 16.5. The Balaban J connectivity index is 1.20. The van der Waals surface area contributed by atoms with Gasteiger partial charge < -0.3 is 14.5 Å². The summed E-state index contributed by atoms with van der Waals surface area (Å²) in [6, 6.07) is 68.7. The van der Waals surface area contributed by atoms with Gasteiger partial charge in [0.2, 0.25) is 0 Å². The zero-order valence-electron chi connectivity index (χ0n) is 31.7. The number of anilines is 6. The summed E-state index contributed by atoms with van der Waals surface area (Å²) in [6.07, 6.45) is 0. The Bertz CT molecular complexity index is 2790. The first kappa shape index (κ1) is 32.6. The van der Waals surface area contributed by atoms with E-state index in [1.807, 2.05) is 0 Å². The van der Waals surface area contributed by atoms with E-state index in [-0.39, 0.29) is 5.41 Å². The van der Waals surface area contributed by atoms with Gasteiger partial charge in [0.05, 0.1) is 28.2 Å². The minimum Gasteiger partial charge on any atom is -0.451 e. The van der Waals surface area contributed by atoms with Crippen LogP contribution in [-0.2, 0) is 10.8 Å². The van der Waals surface area contributed by atoms with Crippen molar-refractivity contribution < 1.29 is 4.74 Å². The third-order valence-electron chi connectivity index (χ3n) is 12.4. The molecule has 268 valence electrons. The third-order valence-corrected chi connectivity index (χ3v) is 12.4. The van der Waals surface area contributed by atoms with Crippen molar-refractivity contribution in [3.63, 3.8) is 0 Å². The fourth-order valence-corrected chi connectivity index (χ4v) is 9.95. The zero-order chi connectivity index (χ0) is 37.6. The van der Waals surface area contributed by atoms with E-state index < -0.39 is 5.41 Å². The van der Waals surface area contributed by atoms with Gasteiger partial charge in [-0.1, -0.05) is 159 Å². The van der Waals surface area contributed by atoms with Gasteiger partial charge in [0.25, 0.3) is 0 Å². The van der Waals surface area contributed by atoms with E-state index in [4.69, 9.17) is 4.74 Å². The zero-order valence-corrected chi connectivity index (χ0v) is 31.7. The monoisotopic (exact) mass is 720 g/mol. The third kappa shape index (κ3) is 4.40. The van der Waals surface area contributed by atoms with Crippen LogP contribution in [0.3, 0.4) is 0 Å². The number of fused-ring (bicyclic) bond motifs is 7. The Hall–Kier alpha value is -6.84. The second-order valence-corrected chi connectivity index (χ2v) is 15.7. The number of aryl methyl sites for hydroxylation is 1. The molecule has 0 atom stereocenters. The van der Waals surface area contributed by atoms with Crippen LogP contribution in [0.15, 0.2) is 188 Å². The van der Waals surface area contributed by atoms with Crippen molar-refractivity contribution in [3.05, 3.63) is 227 Å². The van der Waals surface area contributed by atoms with Gasteiger partial charge in [-0.05, 0) is 99.5 Å². The minimum atomic E-state index is -0.519. The van der Waals surface area contributed by atoms with Crippen LogP contribution >= 0.6 is 0 Å². The molecule has 8 aromatic rings. The Morgan fingerprint density at radius 2 is 1.11 bits per heavy atom. The van der Waals surface area contributed by atoms with E-state index in [0.717, 1.165) is 39.9 Å². The van der Waals surface area contributed by atoms with Crippen molar-refractivity contribution in [2.45, 2.75) is 31.6 Å². The number of nitrogens with zero attached hydrogens (tertiary/aromatic N) is 2. The van der Waals surface area contributed by atoms with Gasteiger partial charge >= 0.3 is 0 Å². The summed E-state index contributed by atoms with van der Waals surface area (Å²) in [5, 5.41) is 0. The number of ether oxygens (including phenoxy) is 1. The molecule has 0 radical (unpaired) electrons. The van der Waals surface area contributed by atoms with E-state index in [0.29, 0.717) is 0 Å². The highest BCUT2D eigenvalue weighted by Crippen LogP contribution is 2.64. The number of hydrogen-bond donors (Lipinski definition) is 0. The number of para-hydroxylation sites is 3. The summed E-state index contributed by atoms with van der Waals surface area (Å²) in [4.78, 5) is 4.85. The molecule has 8 aromatic carbocycles. The van der Waals surface area contributed by atoms with Gasteiger partial charge in [0, 0.05) is 16.8 Å². The molecule has 0 bridgehead atoms. The van der Waals surface area contributed by atoms with Crippen molar-refractivity contribution in [1.82, 2.24) is 0 Å². The first-order valence-corrected chi connectivity index (χ1v) is 19.5. The molecule has 3 aliphatic rings. The Labute approximate surface area is 328 Å². The highest BCUT2D eigenvalue weighted by Gasteiger charge is 2.47. The Kier molecular flexibility index (Phi) is 7.03. The maximum Gasteiger partial charge on any atom is 0.175 e. The molecule has 3 heteroatoms. The highest BCUT2D eigenvalue weighted by molar-refractivity contribution is 5.99. The predicted molar refractivity (Wildman–Crippen MR) is 230 cm³/mol. The first-order chi connectivity index (χ1) is 27.5. The van der Waals surface area contributed by atoms with Crippen molar-refractivity contribution in [2.75, 3.05) is 9.80 Å². The fourth-order valence-electron chi connectivity index (χ4n) is 9.95. The Morgan fingerprint density at radius 1 is 0.482 bits per heavy atom. The fraction of sp³-hybridized carbons (Fsp3) is 0.0943. The van der Waals surface area contributed by atoms with Crippen LogP contribution in [0.25, 0.3) is 11.1 Å². The quantitative estimate of drug-likeness (QED) is 0.176. The molecule has 0 amide bonds. The van der Waals surface area contributed by atoms with Gasteiger partial charge in [0.1, 0.15) is 0 Å². The smallest absolute Gasteiger partial charge is 0.175 e. The van der Waals surface area contributed by atoms with E-state index in [1.165, 1.54) is 55.8 Å². The second kappa shape index (κ2) is 12.1. The van der Waals surface area contributed by atoms with Crippen LogP contribution in [0.1, 0.15) is 52.8 Å². The number of rotatable bonds is 5. The van der Waals surface area contributed by atoms with Crippen LogP contribution in [0.5, 0.6) is 11.5 Å². The molecule has 11 rings (SSSR count). The molecule has 1 aliphatic carbocycles. The SMILES string of the molecule is Cc1cccc2c1N1c3ccccc3C(C)(C)c3ccc(N(c4ccccc4)c4ccc5c(c4)C(c4ccccc4)(c4ccccc4)c4ccccc4-5)c(c31)O2. The molecule has 0 spiro atoms. The Morgan fingerprint density at radius 3 is 1.84 bits per heavy atom.